The maximum atomic E-state index is 11.8. The fraction of sp³-hybridized carbons (Fsp3) is 0.462. The van der Waals surface area contributed by atoms with Crippen molar-refractivity contribution in [3.8, 4) is 5.75 Å². The number of ether oxygens (including phenoxy) is 2. The lowest BCUT2D eigenvalue weighted by atomic mass is 9.84. The van der Waals surface area contributed by atoms with Gasteiger partial charge in [0.1, 0.15) is 11.3 Å². The fourth-order valence-corrected chi connectivity index (χ4v) is 2.12. The quantitative estimate of drug-likeness (QED) is 0.786. The minimum absolute atomic E-state index is 0.407. The van der Waals surface area contributed by atoms with E-state index in [9.17, 15) is 4.79 Å². The number of methoxy groups -OCH3 is 1. The molecule has 0 saturated heterocycles. The van der Waals surface area contributed by atoms with Crippen LogP contribution in [0.4, 0.5) is 0 Å². The first kappa shape index (κ1) is 11.9. The van der Waals surface area contributed by atoms with Crippen molar-refractivity contribution in [2.45, 2.75) is 25.3 Å². The van der Waals surface area contributed by atoms with Crippen LogP contribution in [0.5, 0.6) is 5.75 Å². The summed E-state index contributed by atoms with van der Waals surface area (Å²) >= 11 is 0. The number of benzene rings is 1. The molecule has 0 radical (unpaired) electrons. The van der Waals surface area contributed by atoms with Crippen molar-refractivity contribution in [2.75, 3.05) is 13.7 Å². The molecule has 2 rings (SSSR count). The molecule has 1 atom stereocenters. The van der Waals surface area contributed by atoms with Gasteiger partial charge in [-0.2, -0.15) is 0 Å². The summed E-state index contributed by atoms with van der Waals surface area (Å²) in [7, 11) is 1.36. The minimum atomic E-state index is -1.08. The van der Waals surface area contributed by atoms with E-state index in [1.165, 1.54) is 7.11 Å². The number of aryl methyl sites for hydroxylation is 1. The minimum Gasteiger partial charge on any atom is -0.493 e. The highest BCUT2D eigenvalue weighted by Crippen LogP contribution is 2.36. The number of carbonyl (C=O) groups is 1. The molecule has 0 aromatic heterocycles. The van der Waals surface area contributed by atoms with E-state index in [4.69, 9.17) is 15.2 Å². The van der Waals surface area contributed by atoms with Gasteiger partial charge in [0.25, 0.3) is 0 Å². The van der Waals surface area contributed by atoms with Crippen LogP contribution in [0.25, 0.3) is 0 Å². The van der Waals surface area contributed by atoms with Gasteiger partial charge >= 0.3 is 5.97 Å². The molecular formula is C13H17NO3. The third-order valence-electron chi connectivity index (χ3n) is 3.24. The lowest BCUT2D eigenvalue weighted by Crippen LogP contribution is -2.49. The smallest absolute Gasteiger partial charge is 0.330 e. The van der Waals surface area contributed by atoms with Gasteiger partial charge in [-0.25, -0.2) is 4.79 Å². The Hall–Kier alpha value is -1.55. The van der Waals surface area contributed by atoms with Crippen LogP contribution in [-0.4, -0.2) is 19.7 Å². The van der Waals surface area contributed by atoms with Crippen molar-refractivity contribution in [1.29, 1.82) is 0 Å². The van der Waals surface area contributed by atoms with Crippen LogP contribution in [0, 0.1) is 0 Å². The van der Waals surface area contributed by atoms with Crippen molar-refractivity contribution in [3.63, 3.8) is 0 Å². The second-order valence-electron chi connectivity index (χ2n) is 4.25. The first-order chi connectivity index (χ1) is 8.11. The SMILES string of the molecule is CCc1ccc2c(c1)C(N)(C(=O)OC)CCO2. The highest BCUT2D eigenvalue weighted by atomic mass is 16.5. The van der Waals surface area contributed by atoms with Crippen LogP contribution in [0.15, 0.2) is 18.2 Å². The topological polar surface area (TPSA) is 61.6 Å². The largest absolute Gasteiger partial charge is 0.493 e. The predicted octanol–water partition coefficient (Wildman–Crippen LogP) is 1.36. The molecule has 17 heavy (non-hydrogen) atoms. The van der Waals surface area contributed by atoms with Gasteiger partial charge in [-0.05, 0) is 24.1 Å². The van der Waals surface area contributed by atoms with Crippen LogP contribution in [0.3, 0.4) is 0 Å². The summed E-state index contributed by atoms with van der Waals surface area (Å²) in [5.74, 6) is 0.275. The van der Waals surface area contributed by atoms with Gasteiger partial charge in [-0.15, -0.1) is 0 Å². The van der Waals surface area contributed by atoms with E-state index in [0.717, 1.165) is 17.5 Å². The van der Waals surface area contributed by atoms with Gasteiger partial charge in [0.05, 0.1) is 13.7 Å². The van der Waals surface area contributed by atoms with Crippen LogP contribution in [-0.2, 0) is 21.5 Å². The number of rotatable bonds is 2. The van der Waals surface area contributed by atoms with E-state index >= 15 is 0 Å². The van der Waals surface area contributed by atoms with Gasteiger partial charge < -0.3 is 15.2 Å². The Morgan fingerprint density at radius 2 is 2.35 bits per heavy atom. The zero-order valence-corrected chi connectivity index (χ0v) is 10.2. The van der Waals surface area contributed by atoms with E-state index in [2.05, 4.69) is 6.92 Å². The Labute approximate surface area is 101 Å². The summed E-state index contributed by atoms with van der Waals surface area (Å²) in [6.07, 6.45) is 1.34. The second kappa shape index (κ2) is 4.37. The number of fused-ring (bicyclic) bond motifs is 1. The fourth-order valence-electron chi connectivity index (χ4n) is 2.12. The van der Waals surface area contributed by atoms with Gasteiger partial charge in [-0.3, -0.25) is 0 Å². The van der Waals surface area contributed by atoms with Crippen molar-refractivity contribution in [1.82, 2.24) is 0 Å². The standard InChI is InChI=1S/C13H17NO3/c1-3-9-4-5-11-10(8-9)13(14,6-7-17-11)12(15)16-2/h4-5,8H,3,6-7,14H2,1-2H3. The van der Waals surface area contributed by atoms with Gasteiger partial charge in [0, 0.05) is 12.0 Å². The van der Waals surface area contributed by atoms with Gasteiger partial charge in [-0.1, -0.05) is 13.0 Å². The summed E-state index contributed by atoms with van der Waals surface area (Å²) in [4.78, 5) is 11.8. The van der Waals surface area contributed by atoms with E-state index in [0.29, 0.717) is 18.8 Å². The Bertz CT molecular complexity index is 444. The normalized spacial score (nSPS) is 22.5. The molecular weight excluding hydrogens is 218 g/mol. The van der Waals surface area contributed by atoms with Crippen molar-refractivity contribution >= 4 is 5.97 Å². The van der Waals surface area contributed by atoms with Gasteiger partial charge in [0.15, 0.2) is 0 Å². The molecule has 1 heterocycles. The first-order valence-electron chi connectivity index (χ1n) is 5.75. The molecule has 1 aromatic rings. The molecule has 0 amide bonds. The molecule has 0 bridgehead atoms. The predicted molar refractivity (Wildman–Crippen MR) is 63.8 cm³/mol. The number of esters is 1. The Balaban J connectivity index is 2.52. The molecule has 0 spiro atoms. The Morgan fingerprint density at radius 1 is 1.59 bits per heavy atom. The summed E-state index contributed by atoms with van der Waals surface area (Å²) < 4.78 is 10.3. The summed E-state index contributed by atoms with van der Waals surface area (Å²) in [5, 5.41) is 0. The van der Waals surface area contributed by atoms with Crippen molar-refractivity contribution in [3.05, 3.63) is 29.3 Å². The second-order valence-corrected chi connectivity index (χ2v) is 4.25. The lowest BCUT2D eigenvalue weighted by molar-refractivity contribution is -0.148. The monoisotopic (exact) mass is 235 g/mol. The van der Waals surface area contributed by atoms with Crippen molar-refractivity contribution < 1.29 is 14.3 Å². The third-order valence-corrected chi connectivity index (χ3v) is 3.24. The maximum absolute atomic E-state index is 11.8. The molecule has 92 valence electrons. The zero-order chi connectivity index (χ0) is 12.5. The number of nitrogens with two attached hydrogens (primary N) is 1. The van der Waals surface area contributed by atoms with E-state index in [1.807, 2.05) is 18.2 Å². The molecule has 4 heteroatoms. The molecule has 4 nitrogen and oxygen atoms in total. The maximum Gasteiger partial charge on any atom is 0.330 e. The third kappa shape index (κ3) is 1.89. The highest BCUT2D eigenvalue weighted by Gasteiger charge is 2.42. The summed E-state index contributed by atoms with van der Waals surface area (Å²) in [6.45, 7) is 2.49. The first-order valence-corrected chi connectivity index (χ1v) is 5.75. The summed E-state index contributed by atoms with van der Waals surface area (Å²) in [5.41, 5.74) is 6.98. The van der Waals surface area contributed by atoms with E-state index in [-0.39, 0.29) is 0 Å². The average Bonchev–Trinajstić information content (AvgIpc) is 2.37. The summed E-state index contributed by atoms with van der Waals surface area (Å²) in [6, 6.07) is 5.80. The zero-order valence-electron chi connectivity index (χ0n) is 10.2. The van der Waals surface area contributed by atoms with Crippen molar-refractivity contribution in [2.24, 2.45) is 5.73 Å². The van der Waals surface area contributed by atoms with Gasteiger partial charge in [0.2, 0.25) is 0 Å². The molecule has 1 aromatic carbocycles. The Morgan fingerprint density at radius 3 is 3.00 bits per heavy atom. The molecule has 1 unspecified atom stereocenters. The lowest BCUT2D eigenvalue weighted by Gasteiger charge is -2.33. The Kier molecular flexibility index (Phi) is 3.07. The van der Waals surface area contributed by atoms with E-state index < -0.39 is 11.5 Å². The van der Waals surface area contributed by atoms with Crippen LogP contribution < -0.4 is 10.5 Å². The number of carbonyl (C=O) groups excluding carboxylic acids is 1. The van der Waals surface area contributed by atoms with Crippen LogP contribution >= 0.6 is 0 Å². The molecule has 1 aliphatic heterocycles. The van der Waals surface area contributed by atoms with E-state index in [1.54, 1.807) is 0 Å². The average molecular weight is 235 g/mol. The molecule has 2 N–H and O–H groups in total. The number of hydrogen-bond acceptors (Lipinski definition) is 4. The molecule has 0 fully saturated rings. The van der Waals surface area contributed by atoms with Crippen LogP contribution in [0.1, 0.15) is 24.5 Å². The number of hydrogen-bond donors (Lipinski definition) is 1. The molecule has 0 aliphatic carbocycles. The highest BCUT2D eigenvalue weighted by molar-refractivity contribution is 5.83. The molecule has 1 aliphatic rings. The van der Waals surface area contributed by atoms with Crippen LogP contribution in [0.2, 0.25) is 0 Å². The molecule has 0 saturated carbocycles.